The van der Waals surface area contributed by atoms with E-state index in [0.29, 0.717) is 5.15 Å². The van der Waals surface area contributed by atoms with Gasteiger partial charge in [-0.15, -0.1) is 0 Å². The molecule has 0 aliphatic heterocycles. The van der Waals surface area contributed by atoms with Crippen LogP contribution in [0.5, 0.6) is 11.5 Å². The van der Waals surface area contributed by atoms with E-state index in [1.54, 1.807) is 6.07 Å². The summed E-state index contributed by atoms with van der Waals surface area (Å²) < 4.78 is 5.78. The van der Waals surface area contributed by atoms with Crippen molar-refractivity contribution in [2.75, 3.05) is 0 Å². The molecule has 1 aromatic carbocycles. The number of pyridine rings is 1. The highest BCUT2D eigenvalue weighted by Crippen LogP contribution is 2.26. The van der Waals surface area contributed by atoms with Gasteiger partial charge in [0.05, 0.1) is 5.69 Å². The summed E-state index contributed by atoms with van der Waals surface area (Å²) in [4.78, 5) is 4.15. The van der Waals surface area contributed by atoms with Gasteiger partial charge in [-0.05, 0) is 56.2 Å². The van der Waals surface area contributed by atoms with Crippen molar-refractivity contribution in [3.8, 4) is 11.5 Å². The van der Waals surface area contributed by atoms with E-state index in [-0.39, 0.29) is 0 Å². The first-order valence-corrected chi connectivity index (χ1v) is 5.82. The van der Waals surface area contributed by atoms with Gasteiger partial charge in [-0.25, -0.2) is 4.98 Å². The molecule has 0 saturated carbocycles. The van der Waals surface area contributed by atoms with Crippen molar-refractivity contribution in [2.45, 2.75) is 20.8 Å². The number of hydrogen-bond acceptors (Lipinski definition) is 2. The Hall–Kier alpha value is -1.54. The second-order valence-corrected chi connectivity index (χ2v) is 4.45. The van der Waals surface area contributed by atoms with Gasteiger partial charge in [0, 0.05) is 0 Å². The van der Waals surface area contributed by atoms with Gasteiger partial charge in [-0.1, -0.05) is 17.7 Å². The van der Waals surface area contributed by atoms with E-state index in [9.17, 15) is 0 Å². The Morgan fingerprint density at radius 3 is 2.41 bits per heavy atom. The van der Waals surface area contributed by atoms with E-state index >= 15 is 0 Å². The van der Waals surface area contributed by atoms with Crippen LogP contribution in [0.4, 0.5) is 0 Å². The summed E-state index contributed by atoms with van der Waals surface area (Å²) in [6, 6.07) is 9.58. The number of halogens is 1. The third kappa shape index (κ3) is 2.77. The number of hydrogen-bond donors (Lipinski definition) is 0. The van der Waals surface area contributed by atoms with E-state index in [1.807, 2.05) is 31.2 Å². The molecule has 0 saturated heterocycles. The Morgan fingerprint density at radius 2 is 1.76 bits per heavy atom. The molecule has 0 radical (unpaired) electrons. The second kappa shape index (κ2) is 4.76. The van der Waals surface area contributed by atoms with Crippen LogP contribution in [0.25, 0.3) is 0 Å². The molecule has 2 nitrogen and oxygen atoms in total. The molecule has 0 atom stereocenters. The van der Waals surface area contributed by atoms with Crippen molar-refractivity contribution in [1.82, 2.24) is 4.98 Å². The Bertz CT molecular complexity index is 552. The van der Waals surface area contributed by atoms with Crippen LogP contribution < -0.4 is 4.74 Å². The van der Waals surface area contributed by atoms with E-state index in [0.717, 1.165) is 17.2 Å². The summed E-state index contributed by atoms with van der Waals surface area (Å²) in [5.41, 5.74) is 3.25. The quantitative estimate of drug-likeness (QED) is 0.732. The monoisotopic (exact) mass is 247 g/mol. The number of ether oxygens (including phenoxy) is 1. The summed E-state index contributed by atoms with van der Waals surface area (Å²) in [5, 5.41) is 0.481. The summed E-state index contributed by atoms with van der Waals surface area (Å²) in [6.07, 6.45) is 0. The molecular formula is C14H14ClNO. The number of aromatic nitrogens is 1. The molecule has 2 aromatic rings. The van der Waals surface area contributed by atoms with Crippen LogP contribution in [-0.4, -0.2) is 4.98 Å². The van der Waals surface area contributed by atoms with Gasteiger partial charge in [0.15, 0.2) is 0 Å². The van der Waals surface area contributed by atoms with Gasteiger partial charge < -0.3 is 4.74 Å². The summed E-state index contributed by atoms with van der Waals surface area (Å²) in [6.45, 7) is 6.02. The molecule has 1 aromatic heterocycles. The molecule has 0 aliphatic carbocycles. The van der Waals surface area contributed by atoms with Crippen molar-refractivity contribution in [3.63, 3.8) is 0 Å². The molecule has 0 aliphatic rings. The Labute approximate surface area is 106 Å². The van der Waals surface area contributed by atoms with Gasteiger partial charge in [-0.2, -0.15) is 0 Å². The third-order valence-electron chi connectivity index (χ3n) is 2.71. The zero-order valence-corrected chi connectivity index (χ0v) is 10.9. The highest BCUT2D eigenvalue weighted by molar-refractivity contribution is 6.29. The zero-order valence-electron chi connectivity index (χ0n) is 10.1. The summed E-state index contributed by atoms with van der Waals surface area (Å²) >= 11 is 5.80. The van der Waals surface area contributed by atoms with Crippen molar-refractivity contribution in [2.24, 2.45) is 0 Å². The van der Waals surface area contributed by atoms with Gasteiger partial charge in [0.1, 0.15) is 16.7 Å². The van der Waals surface area contributed by atoms with E-state index in [4.69, 9.17) is 16.3 Å². The normalized spacial score (nSPS) is 10.4. The molecule has 0 N–H and O–H groups in total. The van der Waals surface area contributed by atoms with Crippen LogP contribution in [0.3, 0.4) is 0 Å². The average Bonchev–Trinajstić information content (AvgIpc) is 2.27. The molecule has 0 amide bonds. The number of nitrogens with zero attached hydrogens (tertiary/aromatic N) is 1. The average molecular weight is 248 g/mol. The van der Waals surface area contributed by atoms with Crippen molar-refractivity contribution in [1.29, 1.82) is 0 Å². The van der Waals surface area contributed by atoms with E-state index in [1.165, 1.54) is 11.1 Å². The molecule has 0 unspecified atom stereocenters. The molecule has 0 bridgehead atoms. The fraction of sp³-hybridized carbons (Fsp3) is 0.214. The molecule has 0 fully saturated rings. The maximum atomic E-state index is 5.80. The standard InChI is InChI=1S/C14H14ClNO/c1-9-4-5-12(8-10(9)2)17-13-6-7-14(15)16-11(13)3/h4-8H,1-3H3. The summed E-state index contributed by atoms with van der Waals surface area (Å²) in [7, 11) is 0. The minimum atomic E-state index is 0.481. The highest BCUT2D eigenvalue weighted by Gasteiger charge is 2.04. The first-order chi connectivity index (χ1) is 8.06. The van der Waals surface area contributed by atoms with Crippen LogP contribution in [0.15, 0.2) is 30.3 Å². The molecule has 0 spiro atoms. The van der Waals surface area contributed by atoms with Gasteiger partial charge in [-0.3, -0.25) is 0 Å². The van der Waals surface area contributed by atoms with Crippen molar-refractivity contribution >= 4 is 11.6 Å². The molecule has 88 valence electrons. The fourth-order valence-electron chi connectivity index (χ4n) is 1.53. The highest BCUT2D eigenvalue weighted by atomic mass is 35.5. The van der Waals surface area contributed by atoms with Gasteiger partial charge in [0.2, 0.25) is 0 Å². The second-order valence-electron chi connectivity index (χ2n) is 4.07. The van der Waals surface area contributed by atoms with Crippen LogP contribution in [-0.2, 0) is 0 Å². The third-order valence-corrected chi connectivity index (χ3v) is 2.92. The first kappa shape index (κ1) is 11.9. The SMILES string of the molecule is Cc1ccc(Oc2ccc(Cl)nc2C)cc1C. The van der Waals surface area contributed by atoms with E-state index in [2.05, 4.69) is 18.8 Å². The molecule has 1 heterocycles. The maximum Gasteiger partial charge on any atom is 0.148 e. The van der Waals surface area contributed by atoms with Crippen LogP contribution in [0, 0.1) is 20.8 Å². The minimum absolute atomic E-state index is 0.481. The molecule has 17 heavy (non-hydrogen) atoms. The lowest BCUT2D eigenvalue weighted by molar-refractivity contribution is 0.475. The molecule has 3 heteroatoms. The lowest BCUT2D eigenvalue weighted by atomic mass is 10.1. The minimum Gasteiger partial charge on any atom is -0.455 e. The topological polar surface area (TPSA) is 22.1 Å². The van der Waals surface area contributed by atoms with Gasteiger partial charge in [0.25, 0.3) is 0 Å². The number of aryl methyl sites for hydroxylation is 3. The number of benzene rings is 1. The van der Waals surface area contributed by atoms with Crippen LogP contribution >= 0.6 is 11.6 Å². The van der Waals surface area contributed by atoms with Crippen molar-refractivity contribution in [3.05, 3.63) is 52.3 Å². The fourth-order valence-corrected chi connectivity index (χ4v) is 1.72. The van der Waals surface area contributed by atoms with Crippen LogP contribution in [0.1, 0.15) is 16.8 Å². The molecule has 2 rings (SSSR count). The Morgan fingerprint density at radius 1 is 1.00 bits per heavy atom. The van der Waals surface area contributed by atoms with E-state index < -0.39 is 0 Å². The maximum absolute atomic E-state index is 5.80. The lowest BCUT2D eigenvalue weighted by Crippen LogP contribution is -1.91. The van der Waals surface area contributed by atoms with Gasteiger partial charge >= 0.3 is 0 Å². The predicted molar refractivity (Wildman–Crippen MR) is 70.0 cm³/mol. The summed E-state index contributed by atoms with van der Waals surface area (Å²) in [5.74, 6) is 1.55. The Kier molecular flexibility index (Phi) is 3.34. The zero-order chi connectivity index (χ0) is 12.4. The lowest BCUT2D eigenvalue weighted by Gasteiger charge is -2.09. The first-order valence-electron chi connectivity index (χ1n) is 5.44. The number of rotatable bonds is 2. The Balaban J connectivity index is 2.28. The largest absolute Gasteiger partial charge is 0.455 e. The van der Waals surface area contributed by atoms with Crippen LogP contribution in [0.2, 0.25) is 5.15 Å². The molecular weight excluding hydrogens is 234 g/mol. The smallest absolute Gasteiger partial charge is 0.148 e. The van der Waals surface area contributed by atoms with Crippen molar-refractivity contribution < 1.29 is 4.74 Å². The predicted octanol–water partition coefficient (Wildman–Crippen LogP) is 4.45.